The number of carbonyl (C=O) groups is 2. The Bertz CT molecular complexity index is 1330. The molecule has 6 nitrogen and oxygen atoms in total. The maximum atomic E-state index is 13.3. The number of hydrogen-bond donors (Lipinski definition) is 2. The molecular weight excluding hydrogens is 525 g/mol. The van der Waals surface area contributed by atoms with Crippen molar-refractivity contribution in [1.82, 2.24) is 4.90 Å². The van der Waals surface area contributed by atoms with Gasteiger partial charge in [0.15, 0.2) is 0 Å². The summed E-state index contributed by atoms with van der Waals surface area (Å²) in [4.78, 5) is 26.3. The molecule has 3 aromatic rings. The first-order valence-corrected chi connectivity index (χ1v) is 13.2. The zero-order valence-electron chi connectivity index (χ0n) is 21.6. The van der Waals surface area contributed by atoms with Crippen molar-refractivity contribution < 1.29 is 24.5 Å². The molecule has 0 saturated heterocycles. The van der Waals surface area contributed by atoms with E-state index in [2.05, 4.69) is 12.1 Å². The number of aryl methyl sites for hydroxylation is 1. The summed E-state index contributed by atoms with van der Waals surface area (Å²) in [5.41, 5.74) is 4.05. The van der Waals surface area contributed by atoms with Gasteiger partial charge in [-0.2, -0.15) is 0 Å². The fourth-order valence-electron chi connectivity index (χ4n) is 4.72. The van der Waals surface area contributed by atoms with Crippen molar-refractivity contribution in [2.75, 3.05) is 6.54 Å². The molecule has 0 aliphatic heterocycles. The summed E-state index contributed by atoms with van der Waals surface area (Å²) in [7, 11) is 0. The number of halogens is 2. The lowest BCUT2D eigenvalue weighted by Gasteiger charge is -2.37. The Kier molecular flexibility index (Phi) is 8.36. The van der Waals surface area contributed by atoms with E-state index in [-0.39, 0.29) is 23.2 Å². The van der Waals surface area contributed by atoms with Gasteiger partial charge in [-0.15, -0.1) is 0 Å². The van der Waals surface area contributed by atoms with E-state index in [0.717, 1.165) is 29.5 Å². The number of rotatable bonds is 6. The lowest BCUT2D eigenvalue weighted by molar-refractivity contribution is 0.00194. The molecule has 0 heterocycles. The number of hydrogen-bond acceptors (Lipinski definition) is 4. The summed E-state index contributed by atoms with van der Waals surface area (Å²) < 4.78 is 5.73. The molecule has 4 rings (SSSR count). The van der Waals surface area contributed by atoms with E-state index in [4.69, 9.17) is 27.9 Å². The SMILES string of the molecule is CC(C)(C)OC(=O)N(C[C@@H](O)c1ccc(Cl)cc1)[C@H]1CCc2ccc(-c3ccc(C(=O)O)c(Cl)c3)cc2C1. The maximum absolute atomic E-state index is 13.3. The maximum Gasteiger partial charge on any atom is 0.410 e. The molecule has 0 spiro atoms. The van der Waals surface area contributed by atoms with Gasteiger partial charge in [-0.3, -0.25) is 0 Å². The first-order chi connectivity index (χ1) is 17.9. The summed E-state index contributed by atoms with van der Waals surface area (Å²) in [6.07, 6.45) is 0.734. The summed E-state index contributed by atoms with van der Waals surface area (Å²) in [6, 6.07) is 17.8. The lowest BCUT2D eigenvalue weighted by Crippen LogP contribution is -2.47. The second-order valence-corrected chi connectivity index (χ2v) is 11.4. The number of nitrogens with zero attached hydrogens (tertiary/aromatic N) is 1. The first-order valence-electron chi connectivity index (χ1n) is 12.5. The van der Waals surface area contributed by atoms with Crippen LogP contribution in [0.4, 0.5) is 4.79 Å². The van der Waals surface area contributed by atoms with E-state index in [1.165, 1.54) is 11.6 Å². The molecule has 0 bridgehead atoms. The average Bonchev–Trinajstić information content (AvgIpc) is 2.85. The number of aliphatic hydroxyl groups excluding tert-OH is 1. The Balaban J connectivity index is 1.60. The van der Waals surface area contributed by atoms with E-state index in [0.29, 0.717) is 17.0 Å². The van der Waals surface area contributed by atoms with Crippen LogP contribution in [0.2, 0.25) is 10.0 Å². The average molecular weight is 556 g/mol. The fourth-order valence-corrected chi connectivity index (χ4v) is 5.11. The largest absolute Gasteiger partial charge is 0.478 e. The van der Waals surface area contributed by atoms with Crippen LogP contribution in [0.25, 0.3) is 11.1 Å². The highest BCUT2D eigenvalue weighted by Gasteiger charge is 2.33. The second-order valence-electron chi connectivity index (χ2n) is 10.6. The minimum Gasteiger partial charge on any atom is -0.478 e. The molecule has 1 aliphatic rings. The molecule has 2 N–H and O–H groups in total. The van der Waals surface area contributed by atoms with Crippen LogP contribution in [0.5, 0.6) is 0 Å². The number of carboxylic acid groups (broad SMARTS) is 1. The lowest BCUT2D eigenvalue weighted by atomic mass is 9.85. The van der Waals surface area contributed by atoms with Gasteiger partial charge in [0.05, 0.1) is 23.2 Å². The Labute approximate surface area is 232 Å². The Morgan fingerprint density at radius 2 is 1.66 bits per heavy atom. The van der Waals surface area contributed by atoms with E-state index >= 15 is 0 Å². The number of ether oxygens (including phenoxy) is 1. The molecule has 0 unspecified atom stereocenters. The second kappa shape index (κ2) is 11.4. The molecule has 0 saturated carbocycles. The summed E-state index contributed by atoms with van der Waals surface area (Å²) in [6.45, 7) is 5.55. The third kappa shape index (κ3) is 6.68. The van der Waals surface area contributed by atoms with Crippen LogP contribution in [0.3, 0.4) is 0 Å². The molecule has 3 aromatic carbocycles. The number of aromatic carboxylic acids is 1. The summed E-state index contributed by atoms with van der Waals surface area (Å²) in [5, 5.41) is 21.0. The number of amides is 1. The van der Waals surface area contributed by atoms with Crippen molar-refractivity contribution in [3.05, 3.63) is 93.0 Å². The Hall–Kier alpha value is -3.06. The van der Waals surface area contributed by atoms with Crippen molar-refractivity contribution >= 4 is 35.3 Å². The number of aliphatic hydroxyl groups is 1. The normalized spacial score (nSPS) is 15.9. The van der Waals surface area contributed by atoms with Crippen LogP contribution in [-0.2, 0) is 17.6 Å². The van der Waals surface area contributed by atoms with Crippen molar-refractivity contribution in [2.24, 2.45) is 0 Å². The minimum absolute atomic E-state index is 0.0562. The van der Waals surface area contributed by atoms with Crippen LogP contribution in [-0.4, -0.2) is 45.4 Å². The zero-order chi connectivity index (χ0) is 27.6. The zero-order valence-corrected chi connectivity index (χ0v) is 23.1. The van der Waals surface area contributed by atoms with Crippen LogP contribution in [0.1, 0.15) is 60.3 Å². The number of benzene rings is 3. The van der Waals surface area contributed by atoms with Gasteiger partial charge in [0, 0.05) is 11.1 Å². The van der Waals surface area contributed by atoms with E-state index in [9.17, 15) is 19.8 Å². The molecule has 8 heteroatoms. The Morgan fingerprint density at radius 1 is 1.00 bits per heavy atom. The van der Waals surface area contributed by atoms with Gasteiger partial charge in [-0.05, 0) is 92.1 Å². The number of carboxylic acids is 1. The van der Waals surface area contributed by atoms with Crippen molar-refractivity contribution in [2.45, 2.75) is 57.8 Å². The first kappa shape index (κ1) is 28.0. The summed E-state index contributed by atoms with van der Waals surface area (Å²) >= 11 is 12.2. The van der Waals surface area contributed by atoms with E-state index in [1.54, 1.807) is 41.3 Å². The Morgan fingerprint density at radius 3 is 2.29 bits per heavy atom. The van der Waals surface area contributed by atoms with Gasteiger partial charge in [0.25, 0.3) is 0 Å². The van der Waals surface area contributed by atoms with Gasteiger partial charge in [0.2, 0.25) is 0 Å². The third-order valence-corrected chi connectivity index (χ3v) is 7.20. The van der Waals surface area contributed by atoms with Gasteiger partial charge in [0.1, 0.15) is 5.60 Å². The highest BCUT2D eigenvalue weighted by molar-refractivity contribution is 6.33. The quantitative estimate of drug-likeness (QED) is 0.336. The van der Waals surface area contributed by atoms with Crippen LogP contribution in [0, 0.1) is 0 Å². The smallest absolute Gasteiger partial charge is 0.410 e. The molecule has 1 amide bonds. The van der Waals surface area contributed by atoms with Crippen molar-refractivity contribution in [3.8, 4) is 11.1 Å². The third-order valence-electron chi connectivity index (χ3n) is 6.63. The van der Waals surface area contributed by atoms with Crippen LogP contribution in [0.15, 0.2) is 60.7 Å². The van der Waals surface area contributed by atoms with Crippen LogP contribution < -0.4 is 0 Å². The highest BCUT2D eigenvalue weighted by Crippen LogP contribution is 2.32. The van der Waals surface area contributed by atoms with Crippen molar-refractivity contribution in [3.63, 3.8) is 0 Å². The van der Waals surface area contributed by atoms with Gasteiger partial charge in [-0.1, -0.05) is 59.6 Å². The number of carbonyl (C=O) groups excluding carboxylic acids is 1. The molecule has 200 valence electrons. The minimum atomic E-state index is -1.07. The van der Waals surface area contributed by atoms with Crippen LogP contribution >= 0.6 is 23.2 Å². The molecule has 1 aliphatic carbocycles. The predicted molar refractivity (Wildman–Crippen MR) is 149 cm³/mol. The van der Waals surface area contributed by atoms with Gasteiger partial charge < -0.3 is 19.8 Å². The molecule has 2 atom stereocenters. The topological polar surface area (TPSA) is 87.1 Å². The standard InChI is InChI=1S/C30H31Cl2NO5/c1-30(2,3)38-29(37)33(17-27(34)19-6-10-23(31)11-7-19)24-12-8-18-4-5-20(14-22(18)15-24)21-9-13-25(28(35)36)26(32)16-21/h4-7,9-11,13-14,16,24,27,34H,8,12,15,17H2,1-3H3,(H,35,36)/t24-,27+/m0/s1. The van der Waals surface area contributed by atoms with E-state index < -0.39 is 23.8 Å². The molecular formula is C30H31Cl2NO5. The molecule has 0 radical (unpaired) electrons. The fraction of sp³-hybridized carbons (Fsp3) is 0.333. The van der Waals surface area contributed by atoms with Gasteiger partial charge >= 0.3 is 12.1 Å². The highest BCUT2D eigenvalue weighted by atomic mass is 35.5. The number of fused-ring (bicyclic) bond motifs is 1. The molecule has 0 fully saturated rings. The van der Waals surface area contributed by atoms with Gasteiger partial charge in [-0.25, -0.2) is 9.59 Å². The summed E-state index contributed by atoms with van der Waals surface area (Å²) in [5.74, 6) is -1.07. The van der Waals surface area contributed by atoms with Crippen molar-refractivity contribution in [1.29, 1.82) is 0 Å². The predicted octanol–water partition coefficient (Wildman–Crippen LogP) is 7.19. The molecule has 0 aromatic heterocycles. The van der Waals surface area contributed by atoms with E-state index in [1.807, 2.05) is 26.8 Å². The monoisotopic (exact) mass is 555 g/mol. The molecule has 38 heavy (non-hydrogen) atoms.